The summed E-state index contributed by atoms with van der Waals surface area (Å²) in [4.78, 5) is 37.8. The smallest absolute Gasteiger partial charge is 0.262 e. The van der Waals surface area contributed by atoms with Gasteiger partial charge in [-0.1, -0.05) is 35.3 Å². The summed E-state index contributed by atoms with van der Waals surface area (Å²) in [6.07, 6.45) is 0. The molecule has 3 amide bonds. The summed E-state index contributed by atoms with van der Waals surface area (Å²) < 4.78 is 0.851. The highest BCUT2D eigenvalue weighted by molar-refractivity contribution is 14.1. The van der Waals surface area contributed by atoms with Crippen LogP contribution in [-0.2, 0) is 4.79 Å². The van der Waals surface area contributed by atoms with E-state index in [0.717, 1.165) is 8.47 Å². The Labute approximate surface area is 161 Å². The molecule has 0 spiro atoms. The number of hydrogen-bond donors (Lipinski definition) is 1. The van der Waals surface area contributed by atoms with Crippen LogP contribution in [0.25, 0.3) is 0 Å². The average Bonchev–Trinajstić information content (AvgIpc) is 2.75. The fraction of sp³-hybridized carbons (Fsp3) is 0.0625. The summed E-state index contributed by atoms with van der Waals surface area (Å²) in [5, 5.41) is 3.05. The van der Waals surface area contributed by atoms with Gasteiger partial charge in [0.05, 0.1) is 26.9 Å². The van der Waals surface area contributed by atoms with Crippen molar-refractivity contribution in [1.29, 1.82) is 0 Å². The minimum absolute atomic E-state index is 0.150. The van der Waals surface area contributed by atoms with Crippen molar-refractivity contribution in [2.45, 2.75) is 0 Å². The van der Waals surface area contributed by atoms with Gasteiger partial charge in [-0.25, -0.2) is 0 Å². The molecule has 1 aliphatic heterocycles. The molecule has 0 saturated carbocycles. The minimum Gasteiger partial charge on any atom is -0.324 e. The van der Waals surface area contributed by atoms with E-state index in [1.165, 1.54) is 12.1 Å². The summed E-state index contributed by atoms with van der Waals surface area (Å²) in [6.45, 7) is -0.382. The van der Waals surface area contributed by atoms with Crippen LogP contribution in [0.15, 0.2) is 36.4 Å². The average molecular weight is 475 g/mol. The van der Waals surface area contributed by atoms with Gasteiger partial charge in [0.2, 0.25) is 5.91 Å². The van der Waals surface area contributed by atoms with Crippen LogP contribution in [0.5, 0.6) is 0 Å². The molecule has 3 rings (SSSR count). The van der Waals surface area contributed by atoms with E-state index in [1.54, 1.807) is 12.1 Å². The van der Waals surface area contributed by atoms with Crippen molar-refractivity contribution in [1.82, 2.24) is 4.90 Å². The lowest BCUT2D eigenvalue weighted by Gasteiger charge is -2.14. The molecule has 0 fully saturated rings. The highest BCUT2D eigenvalue weighted by Crippen LogP contribution is 2.31. The van der Waals surface area contributed by atoms with E-state index in [-0.39, 0.29) is 27.7 Å². The maximum Gasteiger partial charge on any atom is 0.262 e. The largest absolute Gasteiger partial charge is 0.324 e. The number of anilines is 1. The second-order valence-corrected chi connectivity index (χ2v) is 7.01. The SMILES string of the molecule is O=C(CN1C(=O)c2cc(Cl)c(Cl)cc2C1=O)Nc1ccccc1I. The second-order valence-electron chi connectivity index (χ2n) is 5.04. The molecule has 0 saturated heterocycles. The molecule has 0 aromatic heterocycles. The molecule has 5 nitrogen and oxygen atoms in total. The van der Waals surface area contributed by atoms with Gasteiger partial charge in [-0.05, 0) is 46.9 Å². The molecule has 24 heavy (non-hydrogen) atoms. The second kappa shape index (κ2) is 6.70. The minimum atomic E-state index is -0.563. The Morgan fingerprint density at radius 2 is 1.58 bits per heavy atom. The number of nitrogens with zero attached hydrogens (tertiary/aromatic N) is 1. The van der Waals surface area contributed by atoms with Crippen LogP contribution < -0.4 is 5.32 Å². The van der Waals surface area contributed by atoms with Crippen LogP contribution in [0.1, 0.15) is 20.7 Å². The van der Waals surface area contributed by atoms with Gasteiger partial charge in [0.25, 0.3) is 11.8 Å². The van der Waals surface area contributed by atoms with E-state index >= 15 is 0 Å². The zero-order valence-corrected chi connectivity index (χ0v) is 15.6. The van der Waals surface area contributed by atoms with Gasteiger partial charge in [0.1, 0.15) is 6.54 Å². The van der Waals surface area contributed by atoms with E-state index in [4.69, 9.17) is 23.2 Å². The number of amides is 3. The highest BCUT2D eigenvalue weighted by Gasteiger charge is 2.37. The Morgan fingerprint density at radius 3 is 2.12 bits per heavy atom. The van der Waals surface area contributed by atoms with Crippen LogP contribution in [0.3, 0.4) is 0 Å². The van der Waals surface area contributed by atoms with Crippen molar-refractivity contribution in [3.05, 3.63) is 61.1 Å². The number of imide groups is 1. The zero-order valence-electron chi connectivity index (χ0n) is 12.0. The maximum absolute atomic E-state index is 12.3. The van der Waals surface area contributed by atoms with E-state index in [1.807, 2.05) is 12.1 Å². The predicted octanol–water partition coefficient (Wildman–Crippen LogP) is 3.83. The van der Waals surface area contributed by atoms with Crippen LogP contribution in [0.2, 0.25) is 10.0 Å². The monoisotopic (exact) mass is 474 g/mol. The number of fused-ring (bicyclic) bond motifs is 1. The Balaban J connectivity index is 1.79. The lowest BCUT2D eigenvalue weighted by Crippen LogP contribution is -2.37. The van der Waals surface area contributed by atoms with Crippen molar-refractivity contribution in [2.24, 2.45) is 0 Å². The molecule has 0 radical (unpaired) electrons. The van der Waals surface area contributed by atoms with Gasteiger partial charge in [-0.3, -0.25) is 19.3 Å². The third kappa shape index (κ3) is 3.13. The molecule has 0 unspecified atom stereocenters. The van der Waals surface area contributed by atoms with E-state index in [9.17, 15) is 14.4 Å². The molecule has 122 valence electrons. The number of carbonyl (C=O) groups is 3. The Kier molecular flexibility index (Phi) is 4.80. The van der Waals surface area contributed by atoms with Crippen molar-refractivity contribution >= 4 is 69.2 Å². The van der Waals surface area contributed by atoms with Gasteiger partial charge in [-0.2, -0.15) is 0 Å². The predicted molar refractivity (Wildman–Crippen MR) is 99.6 cm³/mol. The number of para-hydroxylation sites is 1. The number of carbonyl (C=O) groups excluding carboxylic acids is 3. The van der Waals surface area contributed by atoms with Gasteiger partial charge in [-0.15, -0.1) is 0 Å². The summed E-state index contributed by atoms with van der Waals surface area (Å²) in [6, 6.07) is 9.89. The molecule has 0 atom stereocenters. The Morgan fingerprint density at radius 1 is 1.04 bits per heavy atom. The summed E-state index contributed by atoms with van der Waals surface area (Å²) in [7, 11) is 0. The van der Waals surface area contributed by atoms with Crippen molar-refractivity contribution in [3.8, 4) is 0 Å². The Bertz CT molecular complexity index is 845. The maximum atomic E-state index is 12.3. The van der Waals surface area contributed by atoms with Crippen LogP contribution >= 0.6 is 45.8 Å². The first-order chi connectivity index (χ1) is 11.4. The number of nitrogens with one attached hydrogen (secondary N) is 1. The van der Waals surface area contributed by atoms with Gasteiger partial charge in [0, 0.05) is 3.57 Å². The zero-order chi connectivity index (χ0) is 17.4. The quantitative estimate of drug-likeness (QED) is 0.543. The molecule has 0 aliphatic carbocycles. The van der Waals surface area contributed by atoms with E-state index in [0.29, 0.717) is 5.69 Å². The first-order valence-electron chi connectivity index (χ1n) is 6.78. The number of rotatable bonds is 3. The molecule has 0 bridgehead atoms. The van der Waals surface area contributed by atoms with Gasteiger partial charge >= 0.3 is 0 Å². The molecule has 1 heterocycles. The van der Waals surface area contributed by atoms with Crippen LogP contribution in [0.4, 0.5) is 5.69 Å². The Hall–Kier alpha value is -1.64. The normalized spacial score (nSPS) is 13.2. The fourth-order valence-corrected chi connectivity index (χ4v) is 3.17. The van der Waals surface area contributed by atoms with E-state index in [2.05, 4.69) is 27.9 Å². The highest BCUT2D eigenvalue weighted by atomic mass is 127. The van der Waals surface area contributed by atoms with Crippen molar-refractivity contribution < 1.29 is 14.4 Å². The van der Waals surface area contributed by atoms with Gasteiger partial charge < -0.3 is 5.32 Å². The number of hydrogen-bond acceptors (Lipinski definition) is 3. The molecule has 1 N–H and O–H groups in total. The van der Waals surface area contributed by atoms with Crippen LogP contribution in [0, 0.1) is 3.57 Å². The van der Waals surface area contributed by atoms with Gasteiger partial charge in [0.15, 0.2) is 0 Å². The van der Waals surface area contributed by atoms with E-state index < -0.39 is 17.7 Å². The molecule has 1 aliphatic rings. The lowest BCUT2D eigenvalue weighted by atomic mass is 10.1. The fourth-order valence-electron chi connectivity index (χ4n) is 2.32. The number of halogens is 3. The van der Waals surface area contributed by atoms with Crippen molar-refractivity contribution in [2.75, 3.05) is 11.9 Å². The third-order valence-corrected chi connectivity index (χ3v) is 5.12. The summed E-state index contributed by atoms with van der Waals surface area (Å²) >= 11 is 13.9. The molecule has 2 aromatic carbocycles. The third-order valence-electron chi connectivity index (χ3n) is 3.46. The first-order valence-corrected chi connectivity index (χ1v) is 8.61. The summed E-state index contributed by atoms with van der Waals surface area (Å²) in [5.74, 6) is -1.59. The van der Waals surface area contributed by atoms with Crippen molar-refractivity contribution in [3.63, 3.8) is 0 Å². The number of benzene rings is 2. The van der Waals surface area contributed by atoms with Crippen LogP contribution in [-0.4, -0.2) is 29.2 Å². The lowest BCUT2D eigenvalue weighted by molar-refractivity contribution is -0.116. The standard InChI is InChI=1S/C16H9Cl2IN2O3/c17-10-5-8-9(6-11(10)18)16(24)21(15(8)23)7-14(22)20-13-4-2-1-3-12(13)19/h1-6H,7H2,(H,20,22). The molecular formula is C16H9Cl2IN2O3. The summed E-state index contributed by atoms with van der Waals surface area (Å²) in [5.41, 5.74) is 0.916. The molecular weight excluding hydrogens is 466 g/mol. The topological polar surface area (TPSA) is 66.5 Å². The first kappa shape index (κ1) is 17.2. The molecule has 8 heteroatoms. The molecule has 2 aromatic rings.